The van der Waals surface area contributed by atoms with Gasteiger partial charge in [-0.1, -0.05) is 26.0 Å². The van der Waals surface area contributed by atoms with Crippen molar-refractivity contribution in [2.75, 3.05) is 18.0 Å². The molecule has 1 aliphatic heterocycles. The third-order valence-electron chi connectivity index (χ3n) is 6.39. The fourth-order valence-electron chi connectivity index (χ4n) is 4.51. The second-order valence-corrected chi connectivity index (χ2v) is 10.5. The predicted octanol–water partition coefficient (Wildman–Crippen LogP) is 4.79. The molecule has 0 N–H and O–H groups in total. The number of halogens is 1. The maximum atomic E-state index is 15.1. The van der Waals surface area contributed by atoms with Crippen molar-refractivity contribution >= 4 is 26.4 Å². The standard InChI is InChI=1S/C25H29FN2O3S/c1-4-18-8-10-19(11-9-18)32(30,31)24-16-27(5-2)22-14-23(21(26)13-20(22)25(24)29)28-12-6-7-17(3)15-28/h8-11,13-14,16-17H,4-7,12,15H2,1-3H3/t17-/m1/s1. The monoisotopic (exact) mass is 456 g/mol. The van der Waals surface area contributed by atoms with E-state index in [4.69, 9.17) is 0 Å². The molecule has 1 fully saturated rings. The van der Waals surface area contributed by atoms with Crippen LogP contribution in [0, 0.1) is 11.7 Å². The van der Waals surface area contributed by atoms with Gasteiger partial charge < -0.3 is 9.47 Å². The smallest absolute Gasteiger partial charge is 0.211 e. The van der Waals surface area contributed by atoms with E-state index in [1.165, 1.54) is 24.4 Å². The normalized spacial score (nSPS) is 17.1. The molecule has 2 aromatic carbocycles. The first-order valence-corrected chi connectivity index (χ1v) is 12.7. The van der Waals surface area contributed by atoms with Crippen molar-refractivity contribution < 1.29 is 12.8 Å². The highest BCUT2D eigenvalue weighted by atomic mass is 32.2. The van der Waals surface area contributed by atoms with Gasteiger partial charge in [0.2, 0.25) is 15.3 Å². The van der Waals surface area contributed by atoms with Crippen LogP contribution in [0.4, 0.5) is 10.1 Å². The summed E-state index contributed by atoms with van der Waals surface area (Å²) in [4.78, 5) is 15.0. The van der Waals surface area contributed by atoms with Crippen molar-refractivity contribution in [2.24, 2.45) is 5.92 Å². The molecule has 4 rings (SSSR count). The van der Waals surface area contributed by atoms with Crippen LogP contribution in [0.3, 0.4) is 0 Å². The number of benzene rings is 2. The Balaban J connectivity index is 1.88. The number of anilines is 1. The van der Waals surface area contributed by atoms with Crippen LogP contribution < -0.4 is 10.3 Å². The van der Waals surface area contributed by atoms with Crippen LogP contribution in [-0.4, -0.2) is 26.1 Å². The summed E-state index contributed by atoms with van der Waals surface area (Å²) in [6.45, 7) is 8.00. The zero-order valence-electron chi connectivity index (χ0n) is 18.8. The minimum atomic E-state index is -4.04. The molecule has 0 unspecified atom stereocenters. The van der Waals surface area contributed by atoms with Gasteiger partial charge in [-0.25, -0.2) is 12.8 Å². The number of aryl methyl sites for hydroxylation is 2. The van der Waals surface area contributed by atoms with Crippen molar-refractivity contribution in [1.82, 2.24) is 4.57 Å². The minimum absolute atomic E-state index is 0.0631. The van der Waals surface area contributed by atoms with Crippen molar-refractivity contribution in [3.05, 3.63) is 64.2 Å². The topological polar surface area (TPSA) is 59.4 Å². The molecule has 0 amide bonds. The molecule has 7 heteroatoms. The van der Waals surface area contributed by atoms with Gasteiger partial charge in [-0.3, -0.25) is 4.79 Å². The molecule has 1 aliphatic rings. The fraction of sp³-hybridized carbons (Fsp3) is 0.400. The first kappa shape index (κ1) is 22.5. The van der Waals surface area contributed by atoms with Crippen molar-refractivity contribution in [3.8, 4) is 0 Å². The fourth-order valence-corrected chi connectivity index (χ4v) is 5.88. The molecule has 170 valence electrons. The van der Waals surface area contributed by atoms with E-state index in [2.05, 4.69) is 6.92 Å². The number of sulfone groups is 1. The lowest BCUT2D eigenvalue weighted by molar-refractivity contribution is 0.442. The molecular weight excluding hydrogens is 427 g/mol. The average Bonchev–Trinajstić information content (AvgIpc) is 2.79. The van der Waals surface area contributed by atoms with E-state index in [-0.39, 0.29) is 15.2 Å². The van der Waals surface area contributed by atoms with E-state index >= 15 is 4.39 Å². The Hall–Kier alpha value is -2.67. The molecule has 1 aromatic heterocycles. The Bertz CT molecular complexity index is 1310. The summed E-state index contributed by atoms with van der Waals surface area (Å²) in [6, 6.07) is 9.44. The number of rotatable bonds is 5. The van der Waals surface area contributed by atoms with Crippen LogP contribution in [0.5, 0.6) is 0 Å². The minimum Gasteiger partial charge on any atom is -0.369 e. The quantitative estimate of drug-likeness (QED) is 0.554. The first-order chi connectivity index (χ1) is 15.3. The summed E-state index contributed by atoms with van der Waals surface area (Å²) < 4.78 is 43.4. The summed E-state index contributed by atoms with van der Waals surface area (Å²) >= 11 is 0. The van der Waals surface area contributed by atoms with E-state index in [0.29, 0.717) is 23.7 Å². The van der Waals surface area contributed by atoms with Crippen LogP contribution in [0.15, 0.2) is 57.2 Å². The molecule has 0 spiro atoms. The first-order valence-electron chi connectivity index (χ1n) is 11.2. The van der Waals surface area contributed by atoms with Crippen molar-refractivity contribution in [3.63, 3.8) is 0 Å². The van der Waals surface area contributed by atoms with Gasteiger partial charge in [-0.2, -0.15) is 0 Å². The number of hydrogen-bond donors (Lipinski definition) is 0. The van der Waals surface area contributed by atoms with E-state index < -0.39 is 21.1 Å². The second kappa shape index (κ2) is 8.70. The number of hydrogen-bond acceptors (Lipinski definition) is 4. The molecule has 3 aromatic rings. The molecule has 1 saturated heterocycles. The molecule has 0 radical (unpaired) electrons. The SMILES string of the molecule is CCc1ccc(S(=O)(=O)c2cn(CC)c3cc(N4CCC[C@@H](C)C4)c(F)cc3c2=O)cc1. The summed E-state index contributed by atoms with van der Waals surface area (Å²) in [7, 11) is -4.04. The zero-order valence-corrected chi connectivity index (χ0v) is 19.6. The van der Waals surface area contributed by atoms with Gasteiger partial charge >= 0.3 is 0 Å². The molecular formula is C25H29FN2O3S. The lowest BCUT2D eigenvalue weighted by Crippen LogP contribution is -2.35. The van der Waals surface area contributed by atoms with Crippen molar-refractivity contribution in [2.45, 2.75) is 56.4 Å². The Morgan fingerprint density at radius 1 is 1.12 bits per heavy atom. The highest BCUT2D eigenvalue weighted by molar-refractivity contribution is 7.91. The van der Waals surface area contributed by atoms with Gasteiger partial charge in [0.1, 0.15) is 10.7 Å². The van der Waals surface area contributed by atoms with E-state index in [0.717, 1.165) is 37.9 Å². The number of fused-ring (bicyclic) bond motifs is 1. The number of pyridine rings is 1. The Morgan fingerprint density at radius 2 is 1.84 bits per heavy atom. The molecule has 0 saturated carbocycles. The third-order valence-corrected chi connectivity index (χ3v) is 8.15. The Kier molecular flexibility index (Phi) is 6.12. The van der Waals surface area contributed by atoms with Crippen LogP contribution in [0.2, 0.25) is 0 Å². The highest BCUT2D eigenvalue weighted by Gasteiger charge is 2.26. The third kappa shape index (κ3) is 3.94. The molecule has 2 heterocycles. The number of piperidine rings is 1. The van der Waals surface area contributed by atoms with Crippen LogP contribution in [0.1, 0.15) is 39.2 Å². The lowest BCUT2D eigenvalue weighted by atomic mass is 9.99. The van der Waals surface area contributed by atoms with E-state index in [1.807, 2.05) is 18.7 Å². The molecule has 0 bridgehead atoms. The molecule has 0 aliphatic carbocycles. The van der Waals surface area contributed by atoms with Crippen LogP contribution in [0.25, 0.3) is 10.9 Å². The predicted molar refractivity (Wildman–Crippen MR) is 126 cm³/mol. The average molecular weight is 457 g/mol. The second-order valence-electron chi connectivity index (χ2n) is 8.62. The maximum absolute atomic E-state index is 15.1. The Morgan fingerprint density at radius 3 is 2.47 bits per heavy atom. The largest absolute Gasteiger partial charge is 0.369 e. The zero-order chi connectivity index (χ0) is 23.0. The molecule has 5 nitrogen and oxygen atoms in total. The van der Waals surface area contributed by atoms with Gasteiger partial charge in [0, 0.05) is 25.8 Å². The van der Waals surface area contributed by atoms with Crippen molar-refractivity contribution in [1.29, 1.82) is 0 Å². The summed E-state index contributed by atoms with van der Waals surface area (Å²) in [5.74, 6) is -0.0213. The highest BCUT2D eigenvalue weighted by Crippen LogP contribution is 2.30. The Labute approximate surface area is 188 Å². The lowest BCUT2D eigenvalue weighted by Gasteiger charge is -2.33. The maximum Gasteiger partial charge on any atom is 0.211 e. The summed E-state index contributed by atoms with van der Waals surface area (Å²) in [6.07, 6.45) is 4.30. The van der Waals surface area contributed by atoms with Gasteiger partial charge in [-0.15, -0.1) is 0 Å². The number of nitrogens with zero attached hydrogens (tertiary/aromatic N) is 2. The van der Waals surface area contributed by atoms with Gasteiger partial charge in [0.15, 0.2) is 0 Å². The number of aromatic nitrogens is 1. The van der Waals surface area contributed by atoms with Crippen LogP contribution >= 0.6 is 0 Å². The van der Waals surface area contributed by atoms with E-state index in [9.17, 15) is 13.2 Å². The summed E-state index contributed by atoms with van der Waals surface area (Å²) in [5.41, 5.74) is 1.36. The summed E-state index contributed by atoms with van der Waals surface area (Å²) in [5, 5.41) is 0.0874. The van der Waals surface area contributed by atoms with Gasteiger partial charge in [0.25, 0.3) is 0 Å². The van der Waals surface area contributed by atoms with Gasteiger partial charge in [-0.05, 0) is 61.9 Å². The van der Waals surface area contributed by atoms with Gasteiger partial charge in [0.05, 0.1) is 21.5 Å². The molecule has 32 heavy (non-hydrogen) atoms. The van der Waals surface area contributed by atoms with Crippen LogP contribution in [-0.2, 0) is 22.8 Å². The van der Waals surface area contributed by atoms with E-state index in [1.54, 1.807) is 22.8 Å². The molecule has 1 atom stereocenters.